The molecule has 0 aliphatic carbocycles. The Morgan fingerprint density at radius 3 is 2.33 bits per heavy atom. The number of nitrogens with one attached hydrogen (secondary N) is 1. The number of amides is 1. The van der Waals surface area contributed by atoms with Crippen LogP contribution in [0.4, 0.5) is 13.2 Å². The van der Waals surface area contributed by atoms with E-state index in [-0.39, 0.29) is 17.5 Å². The molecular formula is C24H19F3N2O3S. The molecule has 170 valence electrons. The fraction of sp³-hybridized carbons (Fsp3) is 0.167. The van der Waals surface area contributed by atoms with E-state index in [1.54, 1.807) is 24.4 Å². The van der Waals surface area contributed by atoms with Gasteiger partial charge in [-0.05, 0) is 48.4 Å². The van der Waals surface area contributed by atoms with E-state index in [0.29, 0.717) is 23.2 Å². The molecule has 0 unspecified atom stereocenters. The van der Waals surface area contributed by atoms with Gasteiger partial charge in [-0.3, -0.25) is 4.79 Å². The number of alkyl halides is 3. The molecule has 0 aliphatic rings. The molecule has 33 heavy (non-hydrogen) atoms. The van der Waals surface area contributed by atoms with Crippen molar-refractivity contribution in [3.8, 4) is 0 Å². The largest absolute Gasteiger partial charge is 0.478 e. The minimum atomic E-state index is -4.39. The summed E-state index contributed by atoms with van der Waals surface area (Å²) in [6.45, 7) is 2.13. The first-order valence-corrected chi connectivity index (χ1v) is 10.9. The monoisotopic (exact) mass is 472 g/mol. The average Bonchev–Trinajstić information content (AvgIpc) is 3.36. The third-order valence-corrected chi connectivity index (χ3v) is 6.31. The van der Waals surface area contributed by atoms with Crippen LogP contribution in [0, 0.1) is 0 Å². The minimum absolute atomic E-state index is 0.165. The van der Waals surface area contributed by atoms with Crippen molar-refractivity contribution in [2.24, 2.45) is 0 Å². The zero-order chi connectivity index (χ0) is 23.8. The first-order valence-electron chi connectivity index (χ1n) is 10.00. The summed E-state index contributed by atoms with van der Waals surface area (Å²) in [4.78, 5) is 24.0. The first kappa shape index (κ1) is 22.6. The number of thiophene rings is 1. The van der Waals surface area contributed by atoms with E-state index in [1.165, 1.54) is 35.6 Å². The molecule has 2 N–H and O–H groups in total. The lowest BCUT2D eigenvalue weighted by molar-refractivity contribution is -0.137. The fourth-order valence-corrected chi connectivity index (χ4v) is 4.52. The van der Waals surface area contributed by atoms with Crippen molar-refractivity contribution in [3.63, 3.8) is 0 Å². The van der Waals surface area contributed by atoms with Gasteiger partial charge in [0.25, 0.3) is 5.91 Å². The topological polar surface area (TPSA) is 71.3 Å². The van der Waals surface area contributed by atoms with Crippen molar-refractivity contribution in [2.75, 3.05) is 0 Å². The lowest BCUT2D eigenvalue weighted by Gasteiger charge is -2.15. The SMILES string of the molecule is C[C@H](NC(=O)c1csc2ccn(Cc3ccc(C(F)(F)F)cc3)c12)c1ccc(C(=O)O)cc1. The van der Waals surface area contributed by atoms with Gasteiger partial charge in [0.1, 0.15) is 0 Å². The van der Waals surface area contributed by atoms with Crippen LogP contribution in [0.25, 0.3) is 10.2 Å². The molecule has 1 amide bonds. The molecule has 4 rings (SSSR count). The van der Waals surface area contributed by atoms with Gasteiger partial charge < -0.3 is 15.0 Å². The summed E-state index contributed by atoms with van der Waals surface area (Å²) < 4.78 is 41.2. The summed E-state index contributed by atoms with van der Waals surface area (Å²) in [5.74, 6) is -1.31. The van der Waals surface area contributed by atoms with Crippen LogP contribution in [0.5, 0.6) is 0 Å². The number of nitrogens with zero attached hydrogens (tertiary/aromatic N) is 1. The van der Waals surface area contributed by atoms with Crippen molar-refractivity contribution in [1.82, 2.24) is 9.88 Å². The second-order valence-corrected chi connectivity index (χ2v) is 8.53. The van der Waals surface area contributed by atoms with E-state index in [4.69, 9.17) is 5.11 Å². The van der Waals surface area contributed by atoms with E-state index < -0.39 is 17.7 Å². The van der Waals surface area contributed by atoms with Gasteiger partial charge in [-0.25, -0.2) is 4.79 Å². The number of hydrogen-bond acceptors (Lipinski definition) is 3. The van der Waals surface area contributed by atoms with Crippen molar-refractivity contribution >= 4 is 33.4 Å². The lowest BCUT2D eigenvalue weighted by Crippen LogP contribution is -2.26. The molecule has 0 saturated heterocycles. The summed E-state index contributed by atoms with van der Waals surface area (Å²) in [5.41, 5.74) is 2.10. The zero-order valence-electron chi connectivity index (χ0n) is 17.4. The Morgan fingerprint density at radius 2 is 1.73 bits per heavy atom. The maximum absolute atomic E-state index is 13.0. The molecule has 0 radical (unpaired) electrons. The molecule has 0 spiro atoms. The van der Waals surface area contributed by atoms with Gasteiger partial charge in [-0.1, -0.05) is 24.3 Å². The van der Waals surface area contributed by atoms with E-state index in [0.717, 1.165) is 22.4 Å². The van der Waals surface area contributed by atoms with Crippen LogP contribution in [0.15, 0.2) is 66.2 Å². The van der Waals surface area contributed by atoms with Crippen LogP contribution in [0.1, 0.15) is 50.4 Å². The number of benzene rings is 2. The standard InChI is InChI=1S/C24H19F3N2O3S/c1-14(16-4-6-17(7-5-16)23(31)32)28-22(30)19-13-33-20-10-11-29(21(19)20)12-15-2-8-18(9-3-15)24(25,26)27/h2-11,13-14H,12H2,1H3,(H,28,30)(H,31,32)/t14-/m0/s1. The quantitative estimate of drug-likeness (QED) is 0.364. The van der Waals surface area contributed by atoms with Crippen LogP contribution in [-0.4, -0.2) is 21.6 Å². The number of carbonyl (C=O) groups is 2. The van der Waals surface area contributed by atoms with Crippen LogP contribution >= 0.6 is 11.3 Å². The van der Waals surface area contributed by atoms with Gasteiger partial charge in [0.05, 0.1) is 32.9 Å². The number of halogens is 3. The van der Waals surface area contributed by atoms with Gasteiger partial charge >= 0.3 is 12.1 Å². The highest BCUT2D eigenvalue weighted by atomic mass is 32.1. The van der Waals surface area contributed by atoms with Crippen molar-refractivity contribution in [1.29, 1.82) is 0 Å². The van der Waals surface area contributed by atoms with Crippen molar-refractivity contribution < 1.29 is 27.9 Å². The molecule has 2 heterocycles. The molecule has 0 bridgehead atoms. The number of carboxylic acid groups (broad SMARTS) is 1. The second-order valence-electron chi connectivity index (χ2n) is 7.62. The third-order valence-electron chi connectivity index (χ3n) is 5.37. The Balaban J connectivity index is 1.53. The number of rotatable bonds is 6. The van der Waals surface area contributed by atoms with Crippen LogP contribution in [0.3, 0.4) is 0 Å². The number of carboxylic acids is 1. The molecule has 0 fully saturated rings. The molecule has 9 heteroatoms. The number of aromatic carboxylic acids is 1. The van der Waals surface area contributed by atoms with Gasteiger partial charge in [0.2, 0.25) is 0 Å². The van der Waals surface area contributed by atoms with Crippen molar-refractivity contribution in [3.05, 3.63) is 94.0 Å². The summed E-state index contributed by atoms with van der Waals surface area (Å²) >= 11 is 1.41. The molecule has 0 aliphatic heterocycles. The van der Waals surface area contributed by atoms with Crippen molar-refractivity contribution in [2.45, 2.75) is 25.7 Å². The highest BCUT2D eigenvalue weighted by molar-refractivity contribution is 7.17. The minimum Gasteiger partial charge on any atom is -0.478 e. The summed E-state index contributed by atoms with van der Waals surface area (Å²) in [6.07, 6.45) is -2.58. The molecule has 4 aromatic rings. The van der Waals surface area contributed by atoms with Gasteiger partial charge in [0.15, 0.2) is 0 Å². The normalized spacial score (nSPS) is 12.6. The van der Waals surface area contributed by atoms with Crippen LogP contribution in [0.2, 0.25) is 0 Å². The first-order chi connectivity index (χ1) is 15.6. The van der Waals surface area contributed by atoms with Gasteiger partial charge in [-0.2, -0.15) is 13.2 Å². The smallest absolute Gasteiger partial charge is 0.416 e. The Morgan fingerprint density at radius 1 is 1.06 bits per heavy atom. The third kappa shape index (κ3) is 4.78. The average molecular weight is 472 g/mol. The second kappa shape index (κ2) is 8.74. The van der Waals surface area contributed by atoms with E-state index in [1.807, 2.05) is 16.8 Å². The highest BCUT2D eigenvalue weighted by Crippen LogP contribution is 2.31. The Labute approximate surface area is 191 Å². The van der Waals surface area contributed by atoms with E-state index in [9.17, 15) is 22.8 Å². The zero-order valence-corrected chi connectivity index (χ0v) is 18.2. The molecule has 2 aromatic heterocycles. The number of carbonyl (C=O) groups excluding carboxylic acids is 1. The molecular weight excluding hydrogens is 453 g/mol. The highest BCUT2D eigenvalue weighted by Gasteiger charge is 2.30. The van der Waals surface area contributed by atoms with E-state index >= 15 is 0 Å². The molecule has 5 nitrogen and oxygen atoms in total. The molecule has 0 saturated carbocycles. The number of fused-ring (bicyclic) bond motifs is 1. The predicted octanol–water partition coefficient (Wildman–Crippen LogP) is 5.96. The Bertz CT molecular complexity index is 1310. The van der Waals surface area contributed by atoms with Gasteiger partial charge in [-0.15, -0.1) is 11.3 Å². The van der Waals surface area contributed by atoms with E-state index in [2.05, 4.69) is 5.32 Å². The van der Waals surface area contributed by atoms with Gasteiger partial charge in [0, 0.05) is 18.1 Å². The predicted molar refractivity (Wildman–Crippen MR) is 120 cm³/mol. The summed E-state index contributed by atoms with van der Waals surface area (Å²) in [7, 11) is 0. The molecule has 2 aromatic carbocycles. The van der Waals surface area contributed by atoms with Crippen LogP contribution < -0.4 is 5.32 Å². The maximum atomic E-state index is 13.0. The number of hydrogen-bond donors (Lipinski definition) is 2. The molecule has 1 atom stereocenters. The number of aromatic nitrogens is 1. The van der Waals surface area contributed by atoms with Crippen LogP contribution in [-0.2, 0) is 12.7 Å². The lowest BCUT2D eigenvalue weighted by atomic mass is 10.1. The summed E-state index contributed by atoms with van der Waals surface area (Å²) in [5, 5.41) is 13.7. The maximum Gasteiger partial charge on any atom is 0.416 e. The Hall–Kier alpha value is -3.59. The fourth-order valence-electron chi connectivity index (χ4n) is 3.57. The summed E-state index contributed by atoms with van der Waals surface area (Å²) in [6, 6.07) is 12.8. The Kier molecular flexibility index (Phi) is 5.99.